The zero-order chi connectivity index (χ0) is 8.59. The van der Waals surface area contributed by atoms with Crippen molar-refractivity contribution in [2.75, 3.05) is 0 Å². The van der Waals surface area contributed by atoms with Crippen LogP contribution in [0.4, 0.5) is 4.39 Å². The van der Waals surface area contributed by atoms with Crippen LogP contribution in [-0.2, 0) is 0 Å². The molecule has 1 nitrogen and oxygen atoms in total. The summed E-state index contributed by atoms with van der Waals surface area (Å²) in [5.74, 6) is -1.16. The normalized spacial score (nSPS) is 10.2. The van der Waals surface area contributed by atoms with Crippen molar-refractivity contribution in [1.29, 1.82) is 0 Å². The lowest BCUT2D eigenvalue weighted by Gasteiger charge is -2.02. The number of phenolic OH excluding ortho intramolecular Hbond substituents is 1. The van der Waals surface area contributed by atoms with Crippen LogP contribution in [0.3, 0.4) is 0 Å². The Kier molecular flexibility index (Phi) is 2.52. The van der Waals surface area contributed by atoms with Crippen LogP contribution in [0.5, 0.6) is 5.75 Å². The molecular formula is C6H3Cl2FOS. The number of aromatic hydroxyl groups is 1. The lowest BCUT2D eigenvalue weighted by atomic mass is 10.3. The van der Waals surface area contributed by atoms with E-state index in [4.69, 9.17) is 28.3 Å². The Morgan fingerprint density at radius 3 is 2.45 bits per heavy atom. The van der Waals surface area contributed by atoms with Gasteiger partial charge in [-0.15, -0.1) is 12.6 Å². The maximum atomic E-state index is 12.7. The first-order valence-corrected chi connectivity index (χ1v) is 3.79. The third-order valence-electron chi connectivity index (χ3n) is 1.12. The van der Waals surface area contributed by atoms with Crippen molar-refractivity contribution in [3.63, 3.8) is 0 Å². The molecule has 0 saturated carbocycles. The minimum atomic E-state index is -0.767. The molecule has 0 fully saturated rings. The van der Waals surface area contributed by atoms with Crippen LogP contribution in [-0.4, -0.2) is 5.11 Å². The fourth-order valence-electron chi connectivity index (χ4n) is 0.573. The highest BCUT2D eigenvalue weighted by atomic mass is 35.5. The van der Waals surface area contributed by atoms with E-state index < -0.39 is 11.6 Å². The minimum Gasteiger partial charge on any atom is -0.505 e. The summed E-state index contributed by atoms with van der Waals surface area (Å²) in [7, 11) is 0. The van der Waals surface area contributed by atoms with E-state index in [1.54, 1.807) is 0 Å². The molecule has 0 heterocycles. The molecule has 1 aromatic carbocycles. The molecule has 0 aliphatic heterocycles. The average molecular weight is 213 g/mol. The molecule has 0 spiro atoms. The lowest BCUT2D eigenvalue weighted by molar-refractivity contribution is 0.450. The third kappa shape index (κ3) is 1.55. The molecule has 0 unspecified atom stereocenters. The SMILES string of the molecule is Oc1c(Cl)cc(Cl)c(F)c1S. The summed E-state index contributed by atoms with van der Waals surface area (Å²) in [5, 5.41) is 8.84. The van der Waals surface area contributed by atoms with Gasteiger partial charge in [0.05, 0.1) is 14.9 Å². The fraction of sp³-hybridized carbons (Fsp3) is 0. The van der Waals surface area contributed by atoms with Gasteiger partial charge in [-0.1, -0.05) is 23.2 Å². The fourth-order valence-corrected chi connectivity index (χ4v) is 1.41. The summed E-state index contributed by atoms with van der Waals surface area (Å²) in [6, 6.07) is 1.12. The maximum absolute atomic E-state index is 12.7. The standard InChI is InChI=1S/C6H3Cl2FOS/c7-2-1-3(8)5(10)6(11)4(2)9/h1,10-11H. The van der Waals surface area contributed by atoms with E-state index in [1.807, 2.05) is 0 Å². The Balaban J connectivity index is 3.46. The van der Waals surface area contributed by atoms with Gasteiger partial charge in [0.25, 0.3) is 0 Å². The molecule has 5 heteroatoms. The average Bonchev–Trinajstić information content (AvgIpc) is 1.97. The summed E-state index contributed by atoms with van der Waals surface area (Å²) in [5.41, 5.74) is 0. The molecule has 0 radical (unpaired) electrons. The lowest BCUT2D eigenvalue weighted by Crippen LogP contribution is -1.81. The molecule has 1 aromatic rings. The predicted molar refractivity (Wildman–Crippen MR) is 45.3 cm³/mol. The first kappa shape index (κ1) is 8.97. The molecule has 0 atom stereocenters. The van der Waals surface area contributed by atoms with Crippen molar-refractivity contribution in [2.24, 2.45) is 0 Å². The molecule has 0 aliphatic carbocycles. The van der Waals surface area contributed by atoms with Crippen LogP contribution in [0.2, 0.25) is 10.0 Å². The third-order valence-corrected chi connectivity index (χ3v) is 2.09. The van der Waals surface area contributed by atoms with Gasteiger partial charge in [-0.25, -0.2) is 4.39 Å². The van der Waals surface area contributed by atoms with E-state index in [0.717, 1.165) is 6.07 Å². The van der Waals surface area contributed by atoms with Gasteiger partial charge in [-0.05, 0) is 6.07 Å². The Morgan fingerprint density at radius 1 is 1.36 bits per heavy atom. The van der Waals surface area contributed by atoms with E-state index >= 15 is 0 Å². The zero-order valence-corrected chi connectivity index (χ0v) is 7.51. The van der Waals surface area contributed by atoms with Crippen molar-refractivity contribution in [1.82, 2.24) is 0 Å². The van der Waals surface area contributed by atoms with Gasteiger partial charge >= 0.3 is 0 Å². The number of hydrogen-bond donors (Lipinski definition) is 2. The van der Waals surface area contributed by atoms with Crippen LogP contribution in [0.15, 0.2) is 11.0 Å². The van der Waals surface area contributed by atoms with E-state index in [0.29, 0.717) is 0 Å². The number of halogens is 3. The highest BCUT2D eigenvalue weighted by Gasteiger charge is 2.12. The highest BCUT2D eigenvalue weighted by Crippen LogP contribution is 2.36. The Bertz CT molecular complexity index is 277. The van der Waals surface area contributed by atoms with Crippen LogP contribution in [0.25, 0.3) is 0 Å². The van der Waals surface area contributed by atoms with Crippen LogP contribution >= 0.6 is 35.8 Å². The van der Waals surface area contributed by atoms with Crippen LogP contribution in [0.1, 0.15) is 0 Å². The van der Waals surface area contributed by atoms with Crippen molar-refractivity contribution in [2.45, 2.75) is 4.90 Å². The maximum Gasteiger partial charge on any atom is 0.158 e. The Morgan fingerprint density at radius 2 is 1.91 bits per heavy atom. The quantitative estimate of drug-likeness (QED) is 0.501. The van der Waals surface area contributed by atoms with E-state index in [1.165, 1.54) is 0 Å². The number of phenols is 1. The van der Waals surface area contributed by atoms with Crippen molar-refractivity contribution in [3.8, 4) is 5.75 Å². The van der Waals surface area contributed by atoms with Crippen LogP contribution in [0, 0.1) is 5.82 Å². The first-order valence-electron chi connectivity index (χ1n) is 2.59. The second kappa shape index (κ2) is 3.09. The Labute approximate surface area is 78.2 Å². The van der Waals surface area contributed by atoms with E-state index in [2.05, 4.69) is 12.6 Å². The molecule has 0 aliphatic rings. The molecule has 11 heavy (non-hydrogen) atoms. The van der Waals surface area contributed by atoms with Gasteiger partial charge in [0, 0.05) is 0 Å². The number of hydrogen-bond acceptors (Lipinski definition) is 2. The van der Waals surface area contributed by atoms with Gasteiger partial charge in [0.1, 0.15) is 0 Å². The predicted octanol–water partition coefficient (Wildman–Crippen LogP) is 3.13. The van der Waals surface area contributed by atoms with E-state index in [9.17, 15) is 4.39 Å². The van der Waals surface area contributed by atoms with Gasteiger partial charge in [-0.3, -0.25) is 0 Å². The van der Waals surface area contributed by atoms with E-state index in [-0.39, 0.29) is 14.9 Å². The monoisotopic (exact) mass is 212 g/mol. The van der Waals surface area contributed by atoms with Gasteiger partial charge in [0.15, 0.2) is 11.6 Å². The summed E-state index contributed by atoms with van der Waals surface area (Å²) in [6.45, 7) is 0. The number of thiol groups is 1. The Hall–Kier alpha value is -0.120. The van der Waals surface area contributed by atoms with Crippen LogP contribution < -0.4 is 0 Å². The summed E-state index contributed by atoms with van der Waals surface area (Å²) in [4.78, 5) is -0.234. The molecule has 0 saturated heterocycles. The number of rotatable bonds is 0. The molecule has 0 amide bonds. The first-order chi connectivity index (χ1) is 5.04. The molecule has 0 bridgehead atoms. The molecular weight excluding hydrogens is 210 g/mol. The molecule has 1 rings (SSSR count). The molecule has 60 valence electrons. The van der Waals surface area contributed by atoms with Crippen molar-refractivity contribution < 1.29 is 9.50 Å². The summed E-state index contributed by atoms with van der Waals surface area (Å²) >= 11 is 14.5. The minimum absolute atomic E-state index is 0.0126. The zero-order valence-electron chi connectivity index (χ0n) is 5.11. The van der Waals surface area contributed by atoms with Crippen molar-refractivity contribution >= 4 is 35.8 Å². The highest BCUT2D eigenvalue weighted by molar-refractivity contribution is 7.80. The van der Waals surface area contributed by atoms with Gasteiger partial charge in [0.2, 0.25) is 0 Å². The smallest absolute Gasteiger partial charge is 0.158 e. The second-order valence-electron chi connectivity index (χ2n) is 1.85. The second-order valence-corrected chi connectivity index (χ2v) is 3.11. The largest absolute Gasteiger partial charge is 0.505 e. The van der Waals surface area contributed by atoms with Gasteiger partial charge in [-0.2, -0.15) is 0 Å². The molecule has 0 aromatic heterocycles. The van der Waals surface area contributed by atoms with Gasteiger partial charge < -0.3 is 5.11 Å². The summed E-state index contributed by atoms with van der Waals surface area (Å²) < 4.78 is 12.7. The summed E-state index contributed by atoms with van der Waals surface area (Å²) in [6.07, 6.45) is 0. The molecule has 1 N–H and O–H groups in total. The topological polar surface area (TPSA) is 20.2 Å². The number of benzene rings is 1. The van der Waals surface area contributed by atoms with Crippen molar-refractivity contribution in [3.05, 3.63) is 21.9 Å².